The first-order valence-electron chi connectivity index (χ1n) is 8.59. The Bertz CT molecular complexity index is 1010. The number of nitrogens with zero attached hydrogens (tertiary/aromatic N) is 1. The monoisotopic (exact) mass is 369 g/mol. The molecule has 0 aliphatic heterocycles. The number of H-pyrrole nitrogens is 1. The topological polar surface area (TPSA) is 88.0 Å². The highest BCUT2D eigenvalue weighted by molar-refractivity contribution is 5.76. The Labute approximate surface area is 155 Å². The largest absolute Gasteiger partial charge is 0.441 e. The Kier molecular flexibility index (Phi) is 5.49. The van der Waals surface area contributed by atoms with Crippen LogP contribution in [0.3, 0.4) is 0 Å². The van der Waals surface area contributed by atoms with E-state index in [0.717, 1.165) is 11.3 Å². The van der Waals surface area contributed by atoms with Gasteiger partial charge in [0.05, 0.1) is 6.20 Å². The maximum absolute atomic E-state index is 13.0. The quantitative estimate of drug-likeness (QED) is 0.699. The van der Waals surface area contributed by atoms with Crippen molar-refractivity contribution in [2.75, 3.05) is 0 Å². The van der Waals surface area contributed by atoms with Crippen molar-refractivity contribution >= 4 is 5.91 Å². The van der Waals surface area contributed by atoms with E-state index in [1.807, 2.05) is 19.9 Å². The zero-order chi connectivity index (χ0) is 19.4. The number of aromatic nitrogens is 2. The number of pyridine rings is 1. The van der Waals surface area contributed by atoms with Gasteiger partial charge in [-0.15, -0.1) is 0 Å². The van der Waals surface area contributed by atoms with Crippen LogP contribution < -0.4 is 10.9 Å². The molecule has 0 spiro atoms. The molecule has 2 heterocycles. The van der Waals surface area contributed by atoms with Crippen LogP contribution in [-0.4, -0.2) is 15.9 Å². The number of carbonyl (C=O) groups excluding carboxylic acids is 1. The minimum atomic E-state index is -0.321. The van der Waals surface area contributed by atoms with Gasteiger partial charge in [0.25, 0.3) is 5.56 Å². The Hall–Kier alpha value is -3.22. The van der Waals surface area contributed by atoms with Crippen molar-refractivity contribution in [3.05, 3.63) is 75.4 Å². The molecular formula is C20H20FN3O3. The van der Waals surface area contributed by atoms with Gasteiger partial charge in [0.1, 0.15) is 5.82 Å². The second-order valence-electron chi connectivity index (χ2n) is 6.34. The maximum atomic E-state index is 13.0. The molecular weight excluding hydrogens is 349 g/mol. The maximum Gasteiger partial charge on any atom is 0.253 e. The molecule has 6 nitrogen and oxygen atoms in total. The molecule has 0 bridgehead atoms. The zero-order valence-corrected chi connectivity index (χ0v) is 15.1. The number of halogens is 1. The van der Waals surface area contributed by atoms with Crippen LogP contribution in [0.2, 0.25) is 0 Å². The van der Waals surface area contributed by atoms with Crippen LogP contribution in [0.5, 0.6) is 0 Å². The van der Waals surface area contributed by atoms with Crippen molar-refractivity contribution in [3.8, 4) is 11.3 Å². The van der Waals surface area contributed by atoms with Crippen molar-refractivity contribution < 1.29 is 13.6 Å². The van der Waals surface area contributed by atoms with Crippen molar-refractivity contribution in [1.82, 2.24) is 15.3 Å². The standard InChI is InChI=1S/C20H20FN3O3/c1-12-9-13(2)24-20(26)16(12)10-22-18(25)7-8-19-23-11-17(27-19)14-3-5-15(21)6-4-14/h3-6,9,11H,7-8,10H2,1-2H3,(H,22,25)(H,24,26). The number of rotatable bonds is 6. The molecule has 7 heteroatoms. The van der Waals surface area contributed by atoms with Crippen LogP contribution in [0, 0.1) is 19.7 Å². The van der Waals surface area contributed by atoms with Crippen molar-refractivity contribution in [3.63, 3.8) is 0 Å². The predicted octanol–water partition coefficient (Wildman–Crippen LogP) is 3.03. The minimum absolute atomic E-state index is 0.173. The van der Waals surface area contributed by atoms with Gasteiger partial charge in [0, 0.05) is 36.2 Å². The lowest BCUT2D eigenvalue weighted by Gasteiger charge is -2.07. The lowest BCUT2D eigenvalue weighted by molar-refractivity contribution is -0.121. The molecule has 0 fully saturated rings. The number of aryl methyl sites for hydroxylation is 3. The van der Waals surface area contributed by atoms with Crippen molar-refractivity contribution in [1.29, 1.82) is 0 Å². The van der Waals surface area contributed by atoms with E-state index < -0.39 is 0 Å². The van der Waals surface area contributed by atoms with Crippen LogP contribution in [-0.2, 0) is 17.8 Å². The second-order valence-corrected chi connectivity index (χ2v) is 6.34. The molecule has 0 aliphatic carbocycles. The fourth-order valence-electron chi connectivity index (χ4n) is 2.77. The molecule has 0 aliphatic rings. The summed E-state index contributed by atoms with van der Waals surface area (Å²) in [6, 6.07) is 7.77. The molecule has 2 N–H and O–H groups in total. The number of hydrogen-bond donors (Lipinski definition) is 2. The van der Waals surface area contributed by atoms with Gasteiger partial charge >= 0.3 is 0 Å². The lowest BCUT2D eigenvalue weighted by Crippen LogP contribution is -2.28. The highest BCUT2D eigenvalue weighted by atomic mass is 19.1. The molecule has 0 unspecified atom stereocenters. The van der Waals surface area contributed by atoms with Gasteiger partial charge < -0.3 is 14.7 Å². The summed E-state index contributed by atoms with van der Waals surface area (Å²) >= 11 is 0. The minimum Gasteiger partial charge on any atom is -0.441 e. The average molecular weight is 369 g/mol. The first-order chi connectivity index (χ1) is 12.9. The van der Waals surface area contributed by atoms with Crippen LogP contribution in [0.4, 0.5) is 4.39 Å². The number of aromatic amines is 1. The molecule has 1 amide bonds. The smallest absolute Gasteiger partial charge is 0.253 e. The summed E-state index contributed by atoms with van der Waals surface area (Å²) in [7, 11) is 0. The molecule has 0 saturated heterocycles. The third-order valence-electron chi connectivity index (χ3n) is 4.20. The van der Waals surface area contributed by atoms with Gasteiger partial charge in [0.15, 0.2) is 11.7 Å². The molecule has 3 rings (SSSR count). The molecule has 27 heavy (non-hydrogen) atoms. The highest BCUT2D eigenvalue weighted by Crippen LogP contribution is 2.21. The molecule has 140 valence electrons. The first kappa shape index (κ1) is 18.6. The summed E-state index contributed by atoms with van der Waals surface area (Å²) < 4.78 is 18.6. The lowest BCUT2D eigenvalue weighted by atomic mass is 10.1. The third kappa shape index (κ3) is 4.69. The van der Waals surface area contributed by atoms with Gasteiger partial charge in [-0.25, -0.2) is 9.37 Å². The summed E-state index contributed by atoms with van der Waals surface area (Å²) in [5, 5.41) is 2.74. The van der Waals surface area contributed by atoms with Gasteiger partial charge in [-0.3, -0.25) is 9.59 Å². The zero-order valence-electron chi connectivity index (χ0n) is 15.1. The summed E-state index contributed by atoms with van der Waals surface area (Å²) in [6.45, 7) is 3.83. The fourth-order valence-corrected chi connectivity index (χ4v) is 2.77. The number of benzene rings is 1. The normalized spacial score (nSPS) is 10.8. The van der Waals surface area contributed by atoms with E-state index in [2.05, 4.69) is 15.3 Å². The summed E-state index contributed by atoms with van der Waals surface area (Å²) in [5.41, 5.74) is 2.70. The second kappa shape index (κ2) is 7.99. The van der Waals surface area contributed by atoms with Gasteiger partial charge in [0.2, 0.25) is 5.91 Å². The summed E-state index contributed by atoms with van der Waals surface area (Å²) in [6.07, 6.45) is 2.07. The third-order valence-corrected chi connectivity index (χ3v) is 4.20. The van der Waals surface area contributed by atoms with E-state index in [0.29, 0.717) is 29.2 Å². The van der Waals surface area contributed by atoms with Crippen LogP contribution in [0.25, 0.3) is 11.3 Å². The van der Waals surface area contributed by atoms with Gasteiger partial charge in [-0.2, -0.15) is 0 Å². The number of carbonyl (C=O) groups is 1. The molecule has 0 atom stereocenters. The van der Waals surface area contributed by atoms with Crippen LogP contribution in [0.15, 0.2) is 45.7 Å². The van der Waals surface area contributed by atoms with E-state index in [4.69, 9.17) is 4.42 Å². The van der Waals surface area contributed by atoms with Crippen molar-refractivity contribution in [2.24, 2.45) is 0 Å². The predicted molar refractivity (Wildman–Crippen MR) is 98.6 cm³/mol. The van der Waals surface area contributed by atoms with Gasteiger partial charge in [-0.05, 0) is 49.7 Å². The van der Waals surface area contributed by atoms with E-state index >= 15 is 0 Å². The number of amides is 1. The number of hydrogen-bond acceptors (Lipinski definition) is 4. The van der Waals surface area contributed by atoms with Crippen LogP contribution >= 0.6 is 0 Å². The highest BCUT2D eigenvalue weighted by Gasteiger charge is 2.11. The Morgan fingerprint density at radius 2 is 2.00 bits per heavy atom. The van der Waals surface area contributed by atoms with E-state index in [9.17, 15) is 14.0 Å². The van der Waals surface area contributed by atoms with E-state index in [1.165, 1.54) is 12.1 Å². The van der Waals surface area contributed by atoms with Crippen molar-refractivity contribution in [2.45, 2.75) is 33.2 Å². The first-order valence-corrected chi connectivity index (χ1v) is 8.59. The molecule has 2 aromatic heterocycles. The number of nitrogens with one attached hydrogen (secondary N) is 2. The Morgan fingerprint density at radius 1 is 1.26 bits per heavy atom. The molecule has 0 radical (unpaired) electrons. The Morgan fingerprint density at radius 3 is 2.70 bits per heavy atom. The summed E-state index contributed by atoms with van der Waals surface area (Å²) in [5.74, 6) is 0.426. The molecule has 3 aromatic rings. The molecule has 0 saturated carbocycles. The SMILES string of the molecule is Cc1cc(C)c(CNC(=O)CCc2ncc(-c3ccc(F)cc3)o2)c(=O)[nH]1. The summed E-state index contributed by atoms with van der Waals surface area (Å²) in [4.78, 5) is 30.9. The van der Waals surface area contributed by atoms with E-state index in [1.54, 1.807) is 18.3 Å². The van der Waals surface area contributed by atoms with Gasteiger partial charge in [-0.1, -0.05) is 0 Å². The average Bonchev–Trinajstić information content (AvgIpc) is 3.08. The van der Waals surface area contributed by atoms with E-state index in [-0.39, 0.29) is 30.2 Å². The van der Waals surface area contributed by atoms with Crippen LogP contribution in [0.1, 0.15) is 29.1 Å². The number of oxazole rings is 1. The molecule has 1 aromatic carbocycles. The fraction of sp³-hybridized carbons (Fsp3) is 0.250. The Balaban J connectivity index is 1.54.